The molecule has 0 bridgehead atoms. The molecule has 1 saturated heterocycles. The van der Waals surface area contributed by atoms with Crippen LogP contribution >= 0.6 is 23.8 Å². The maximum Gasteiger partial charge on any atom is 0.335 e. The first kappa shape index (κ1) is 26.2. The minimum atomic E-state index is -1.07. The summed E-state index contributed by atoms with van der Waals surface area (Å²) in [5.74, 6) is 0.136. The van der Waals surface area contributed by atoms with E-state index in [0.29, 0.717) is 44.3 Å². The summed E-state index contributed by atoms with van der Waals surface area (Å²) in [5, 5.41) is 16.4. The van der Waals surface area contributed by atoms with Gasteiger partial charge in [0.25, 0.3) is 0 Å². The van der Waals surface area contributed by atoms with Gasteiger partial charge < -0.3 is 29.8 Å². The van der Waals surface area contributed by atoms with E-state index < -0.39 is 12.0 Å². The van der Waals surface area contributed by atoms with Crippen molar-refractivity contribution in [3.8, 4) is 17.1 Å². The van der Waals surface area contributed by atoms with Crippen molar-refractivity contribution in [2.75, 3.05) is 17.3 Å². The molecular weight excluding hydrogens is 540 g/mol. The molecule has 4 aromatic rings. The number of hydrogen-bond acceptors (Lipinski definition) is 6. The minimum Gasteiger partial charge on any atom is -0.495 e. The SMILES string of the molecule is COc1ccc(N2C(=S)N[C@H](c3ccccn3)[C@H]2c2ccc(-c3cc(C(=O)O)ccc3Cl)o2)cc1NC(C)=O. The van der Waals surface area contributed by atoms with Gasteiger partial charge in [0.15, 0.2) is 5.11 Å². The van der Waals surface area contributed by atoms with Crippen molar-refractivity contribution >= 4 is 52.2 Å². The van der Waals surface area contributed by atoms with E-state index in [1.54, 1.807) is 30.5 Å². The highest BCUT2D eigenvalue weighted by molar-refractivity contribution is 7.80. The van der Waals surface area contributed by atoms with Crippen LogP contribution in [0.2, 0.25) is 5.02 Å². The number of aromatic nitrogens is 1. The number of anilines is 2. The zero-order valence-electron chi connectivity index (χ0n) is 20.8. The van der Waals surface area contributed by atoms with E-state index >= 15 is 0 Å². The fourth-order valence-corrected chi connectivity index (χ4v) is 5.12. The van der Waals surface area contributed by atoms with Gasteiger partial charge in [-0.2, -0.15) is 0 Å². The number of amides is 1. The number of nitrogens with one attached hydrogen (secondary N) is 2. The molecule has 11 heteroatoms. The van der Waals surface area contributed by atoms with Crippen LogP contribution in [-0.4, -0.2) is 34.2 Å². The van der Waals surface area contributed by atoms with Crippen LogP contribution in [0.1, 0.15) is 40.8 Å². The molecule has 0 saturated carbocycles. The number of aromatic carboxylic acids is 1. The summed E-state index contributed by atoms with van der Waals surface area (Å²) in [4.78, 5) is 29.8. The highest BCUT2D eigenvalue weighted by Gasteiger charge is 2.43. The number of ether oxygens (including phenoxy) is 1. The highest BCUT2D eigenvalue weighted by atomic mass is 35.5. The summed E-state index contributed by atoms with van der Waals surface area (Å²) in [6.07, 6.45) is 1.70. The Labute approximate surface area is 234 Å². The van der Waals surface area contributed by atoms with Crippen LogP contribution in [0.15, 0.2) is 77.3 Å². The minimum absolute atomic E-state index is 0.0905. The second-order valence-electron chi connectivity index (χ2n) is 8.76. The number of carboxylic acid groups (broad SMARTS) is 1. The van der Waals surface area contributed by atoms with E-state index in [1.807, 2.05) is 29.2 Å². The predicted octanol–water partition coefficient (Wildman–Crippen LogP) is 5.84. The standard InChI is InChI=1S/C28H23ClN4O5S/c1-15(34)31-21-14-17(7-9-23(21)37-2)33-26(25(32-28(33)39)20-5-3-4-12-30-20)24-11-10-22(38-24)18-13-16(27(35)36)6-8-19(18)29/h3-14,25-26H,1-2H3,(H,31,34)(H,32,39)(H,35,36)/t25-,26-/m1/s1. The number of carbonyl (C=O) groups excluding carboxylic acids is 1. The van der Waals surface area contributed by atoms with Crippen molar-refractivity contribution in [3.63, 3.8) is 0 Å². The van der Waals surface area contributed by atoms with Crippen molar-refractivity contribution in [1.29, 1.82) is 0 Å². The second-order valence-corrected chi connectivity index (χ2v) is 9.56. The van der Waals surface area contributed by atoms with Crippen LogP contribution in [0, 0.1) is 0 Å². The van der Waals surface area contributed by atoms with Crippen LogP contribution in [0.3, 0.4) is 0 Å². The van der Waals surface area contributed by atoms with Crippen molar-refractivity contribution < 1.29 is 23.8 Å². The molecule has 2 aromatic carbocycles. The molecule has 5 rings (SSSR count). The Morgan fingerprint density at radius 3 is 2.67 bits per heavy atom. The van der Waals surface area contributed by atoms with Crippen molar-refractivity contribution in [3.05, 3.63) is 95.0 Å². The summed E-state index contributed by atoms with van der Waals surface area (Å²) in [5.41, 5.74) is 2.46. The lowest BCUT2D eigenvalue weighted by molar-refractivity contribution is -0.114. The maximum atomic E-state index is 11.8. The lowest BCUT2D eigenvalue weighted by Gasteiger charge is -2.27. The molecule has 1 fully saturated rings. The van der Waals surface area contributed by atoms with Crippen LogP contribution < -0.4 is 20.3 Å². The van der Waals surface area contributed by atoms with Crippen LogP contribution in [0.5, 0.6) is 5.75 Å². The van der Waals surface area contributed by atoms with Gasteiger partial charge in [0.1, 0.15) is 23.3 Å². The van der Waals surface area contributed by atoms with Gasteiger partial charge in [0, 0.05) is 24.4 Å². The van der Waals surface area contributed by atoms with Gasteiger partial charge in [-0.05, 0) is 72.9 Å². The molecule has 3 heterocycles. The van der Waals surface area contributed by atoms with E-state index in [1.165, 1.54) is 32.2 Å². The van der Waals surface area contributed by atoms with Gasteiger partial charge in [-0.1, -0.05) is 17.7 Å². The van der Waals surface area contributed by atoms with Crippen molar-refractivity contribution in [2.45, 2.75) is 19.0 Å². The van der Waals surface area contributed by atoms with Gasteiger partial charge in [0.05, 0.1) is 35.1 Å². The normalized spacial score (nSPS) is 16.6. The van der Waals surface area contributed by atoms with Gasteiger partial charge in [-0.15, -0.1) is 0 Å². The molecule has 9 nitrogen and oxygen atoms in total. The Kier molecular flexibility index (Phi) is 7.23. The predicted molar refractivity (Wildman–Crippen MR) is 151 cm³/mol. The molecule has 1 aliphatic heterocycles. The van der Waals surface area contributed by atoms with Crippen LogP contribution in [-0.2, 0) is 4.79 Å². The first-order valence-corrected chi connectivity index (χ1v) is 12.6. The third-order valence-electron chi connectivity index (χ3n) is 6.27. The summed E-state index contributed by atoms with van der Waals surface area (Å²) in [7, 11) is 1.52. The molecule has 3 N–H and O–H groups in total. The first-order chi connectivity index (χ1) is 18.8. The molecular formula is C28H23ClN4O5S. The van der Waals surface area contributed by atoms with E-state index in [4.69, 9.17) is 33.0 Å². The summed E-state index contributed by atoms with van der Waals surface area (Å²) in [6.45, 7) is 1.42. The van der Waals surface area contributed by atoms with Gasteiger partial charge >= 0.3 is 5.97 Å². The third-order valence-corrected chi connectivity index (χ3v) is 6.91. The second kappa shape index (κ2) is 10.8. The molecule has 0 unspecified atom stereocenters. The molecule has 2 aromatic heterocycles. The Balaban J connectivity index is 1.62. The molecule has 2 atom stereocenters. The largest absolute Gasteiger partial charge is 0.495 e. The highest BCUT2D eigenvalue weighted by Crippen LogP contribution is 2.44. The quantitative estimate of drug-likeness (QED) is 0.239. The third kappa shape index (κ3) is 5.16. The summed E-state index contributed by atoms with van der Waals surface area (Å²) in [6, 6.07) is 18.1. The number of nitrogens with zero attached hydrogens (tertiary/aromatic N) is 2. The fraction of sp³-hybridized carbons (Fsp3) is 0.143. The fourth-order valence-electron chi connectivity index (χ4n) is 4.56. The van der Waals surface area contributed by atoms with E-state index in [0.717, 1.165) is 5.69 Å². The number of benzene rings is 2. The number of carbonyl (C=O) groups is 2. The molecule has 0 spiro atoms. The number of pyridine rings is 1. The number of thiocarbonyl (C=S) groups is 1. The Morgan fingerprint density at radius 2 is 1.97 bits per heavy atom. The monoisotopic (exact) mass is 562 g/mol. The Morgan fingerprint density at radius 1 is 1.15 bits per heavy atom. The van der Waals surface area contributed by atoms with Gasteiger partial charge in [-0.25, -0.2) is 4.79 Å². The zero-order chi connectivity index (χ0) is 27.7. The smallest absolute Gasteiger partial charge is 0.335 e. The lowest BCUT2D eigenvalue weighted by Crippen LogP contribution is -2.29. The maximum absolute atomic E-state index is 11.8. The molecule has 1 aliphatic rings. The van der Waals surface area contributed by atoms with Gasteiger partial charge in [-0.3, -0.25) is 9.78 Å². The van der Waals surface area contributed by atoms with Crippen molar-refractivity contribution in [2.24, 2.45) is 0 Å². The molecule has 0 aliphatic carbocycles. The van der Waals surface area contributed by atoms with Gasteiger partial charge in [0.2, 0.25) is 5.91 Å². The van der Waals surface area contributed by atoms with E-state index in [-0.39, 0.29) is 17.5 Å². The number of hydrogen-bond donors (Lipinski definition) is 3. The molecule has 1 amide bonds. The Hall–Kier alpha value is -4.41. The Bertz CT molecular complexity index is 1580. The number of furan rings is 1. The zero-order valence-corrected chi connectivity index (χ0v) is 22.4. The van der Waals surface area contributed by atoms with E-state index in [9.17, 15) is 14.7 Å². The topological polar surface area (TPSA) is 117 Å². The molecule has 0 radical (unpaired) electrons. The summed E-state index contributed by atoms with van der Waals surface area (Å²) >= 11 is 12.2. The molecule has 198 valence electrons. The van der Waals surface area contributed by atoms with Crippen LogP contribution in [0.25, 0.3) is 11.3 Å². The number of carboxylic acids is 1. The number of halogens is 1. The average molecular weight is 563 g/mol. The first-order valence-electron chi connectivity index (χ1n) is 11.9. The number of methoxy groups -OCH3 is 1. The summed E-state index contributed by atoms with van der Waals surface area (Å²) < 4.78 is 11.7. The average Bonchev–Trinajstić information content (AvgIpc) is 3.53. The van der Waals surface area contributed by atoms with Crippen molar-refractivity contribution in [1.82, 2.24) is 10.3 Å². The van der Waals surface area contributed by atoms with E-state index in [2.05, 4.69) is 15.6 Å². The molecule has 39 heavy (non-hydrogen) atoms. The number of rotatable bonds is 7. The lowest BCUT2D eigenvalue weighted by atomic mass is 10.0. The van der Waals surface area contributed by atoms with Crippen LogP contribution in [0.4, 0.5) is 11.4 Å².